The van der Waals surface area contributed by atoms with Crippen LogP contribution in [-0.2, 0) is 0 Å². The summed E-state index contributed by atoms with van der Waals surface area (Å²) in [5.74, 6) is 1.49. The van der Waals surface area contributed by atoms with Gasteiger partial charge in [-0.1, -0.05) is 13.0 Å². The maximum atomic E-state index is 9.64. The molecule has 0 aliphatic heterocycles. The van der Waals surface area contributed by atoms with Crippen LogP contribution in [0.2, 0.25) is 0 Å². The first-order chi connectivity index (χ1) is 8.07. The van der Waals surface area contributed by atoms with Crippen LogP contribution < -0.4 is 10.6 Å². The molecule has 1 aromatic rings. The third-order valence-corrected chi connectivity index (χ3v) is 2.30. The average Bonchev–Trinajstić information content (AvgIpc) is 2.35. The van der Waals surface area contributed by atoms with Crippen LogP contribution in [-0.4, -0.2) is 40.5 Å². The van der Waals surface area contributed by atoms with E-state index in [1.165, 1.54) is 0 Å². The van der Waals surface area contributed by atoms with Gasteiger partial charge in [0.05, 0.1) is 6.61 Å². The van der Waals surface area contributed by atoms with Crippen molar-refractivity contribution in [2.24, 2.45) is 0 Å². The predicted octanol–water partition coefficient (Wildman–Crippen LogP) is 1.06. The van der Waals surface area contributed by atoms with Crippen LogP contribution in [0.4, 0.5) is 11.6 Å². The molecule has 1 aromatic heterocycles. The Hall–Kier alpha value is -1.33. The van der Waals surface area contributed by atoms with Crippen molar-refractivity contribution in [3.05, 3.63) is 18.2 Å². The molecule has 0 aliphatic carbocycles. The molecule has 0 aromatic carbocycles. The van der Waals surface area contributed by atoms with Crippen LogP contribution in [0.15, 0.2) is 18.2 Å². The Balaban J connectivity index is 2.53. The number of aliphatic hydroxyl groups excluding tert-OH is 1. The zero-order chi connectivity index (χ0) is 12.7. The molecule has 96 valence electrons. The fraction of sp³-hybridized carbons (Fsp3) is 0.583. The Bertz CT molecular complexity index is 342. The molecule has 1 rings (SSSR count). The topological polar surface area (TPSA) is 77.4 Å². The highest BCUT2D eigenvalue weighted by molar-refractivity contribution is 5.45. The van der Waals surface area contributed by atoms with E-state index in [0.29, 0.717) is 5.82 Å². The maximum Gasteiger partial charge on any atom is 0.128 e. The van der Waals surface area contributed by atoms with E-state index in [2.05, 4.69) is 22.5 Å². The SMILES string of the molecule is CCCNc1cccc(NCC(C)(O)CO)n1. The molecule has 0 radical (unpaired) electrons. The number of aromatic nitrogens is 1. The minimum absolute atomic E-state index is 0.258. The lowest BCUT2D eigenvalue weighted by Gasteiger charge is -2.21. The van der Waals surface area contributed by atoms with Crippen molar-refractivity contribution in [2.75, 3.05) is 30.3 Å². The lowest BCUT2D eigenvalue weighted by molar-refractivity contribution is 0.0132. The molecule has 0 saturated carbocycles. The highest BCUT2D eigenvalue weighted by Crippen LogP contribution is 2.10. The molecule has 1 heterocycles. The highest BCUT2D eigenvalue weighted by atomic mass is 16.3. The van der Waals surface area contributed by atoms with E-state index < -0.39 is 5.60 Å². The summed E-state index contributed by atoms with van der Waals surface area (Å²) >= 11 is 0. The lowest BCUT2D eigenvalue weighted by atomic mass is 10.1. The largest absolute Gasteiger partial charge is 0.393 e. The number of nitrogens with one attached hydrogen (secondary N) is 2. The first-order valence-corrected chi connectivity index (χ1v) is 5.85. The van der Waals surface area contributed by atoms with Gasteiger partial charge in [0.1, 0.15) is 17.2 Å². The molecule has 0 saturated heterocycles. The maximum absolute atomic E-state index is 9.64. The second-order valence-corrected chi connectivity index (χ2v) is 4.34. The molecule has 1 unspecified atom stereocenters. The van der Waals surface area contributed by atoms with Gasteiger partial charge in [-0.3, -0.25) is 0 Å². The van der Waals surface area contributed by atoms with Gasteiger partial charge < -0.3 is 20.8 Å². The van der Waals surface area contributed by atoms with Gasteiger partial charge in [0.2, 0.25) is 0 Å². The molecule has 17 heavy (non-hydrogen) atoms. The van der Waals surface area contributed by atoms with Crippen molar-refractivity contribution < 1.29 is 10.2 Å². The van der Waals surface area contributed by atoms with Gasteiger partial charge in [-0.05, 0) is 25.5 Å². The fourth-order valence-corrected chi connectivity index (χ4v) is 1.22. The molecular weight excluding hydrogens is 218 g/mol. The quantitative estimate of drug-likeness (QED) is 0.572. The summed E-state index contributed by atoms with van der Waals surface area (Å²) in [6.07, 6.45) is 1.04. The summed E-state index contributed by atoms with van der Waals surface area (Å²) in [6.45, 7) is 4.51. The summed E-state index contributed by atoms with van der Waals surface area (Å²) in [7, 11) is 0. The molecular formula is C12H21N3O2. The summed E-state index contributed by atoms with van der Waals surface area (Å²) in [5, 5.41) is 24.7. The van der Waals surface area contributed by atoms with Crippen LogP contribution >= 0.6 is 0 Å². The first kappa shape index (κ1) is 13.7. The highest BCUT2D eigenvalue weighted by Gasteiger charge is 2.18. The van der Waals surface area contributed by atoms with Gasteiger partial charge in [0, 0.05) is 13.1 Å². The second kappa shape index (κ2) is 6.42. The molecule has 0 bridgehead atoms. The number of aliphatic hydroxyl groups is 2. The van der Waals surface area contributed by atoms with Crippen molar-refractivity contribution in [1.82, 2.24) is 4.98 Å². The van der Waals surface area contributed by atoms with Crippen LogP contribution in [0.1, 0.15) is 20.3 Å². The average molecular weight is 239 g/mol. The Morgan fingerprint density at radius 3 is 2.53 bits per heavy atom. The zero-order valence-corrected chi connectivity index (χ0v) is 10.4. The third kappa shape index (κ3) is 5.01. The molecule has 5 heteroatoms. The minimum Gasteiger partial charge on any atom is -0.393 e. The fourth-order valence-electron chi connectivity index (χ4n) is 1.22. The van der Waals surface area contributed by atoms with E-state index in [-0.39, 0.29) is 13.2 Å². The standard InChI is InChI=1S/C12H21N3O2/c1-3-7-13-10-5-4-6-11(15-10)14-8-12(2,17)9-16/h4-6,16-17H,3,7-9H2,1-2H3,(H2,13,14,15). The molecule has 5 nitrogen and oxygen atoms in total. The third-order valence-electron chi connectivity index (χ3n) is 2.30. The van der Waals surface area contributed by atoms with Gasteiger partial charge >= 0.3 is 0 Å². The summed E-state index contributed by atoms with van der Waals surface area (Å²) in [4.78, 5) is 4.33. The van der Waals surface area contributed by atoms with Gasteiger partial charge in [0.15, 0.2) is 0 Å². The van der Waals surface area contributed by atoms with Crippen molar-refractivity contribution in [3.8, 4) is 0 Å². The van der Waals surface area contributed by atoms with Gasteiger partial charge in [-0.2, -0.15) is 0 Å². The number of rotatable bonds is 7. The molecule has 1 atom stereocenters. The van der Waals surface area contributed by atoms with E-state index in [1.54, 1.807) is 6.92 Å². The van der Waals surface area contributed by atoms with Gasteiger partial charge in [-0.25, -0.2) is 4.98 Å². The van der Waals surface area contributed by atoms with Crippen LogP contribution in [0.5, 0.6) is 0 Å². The van der Waals surface area contributed by atoms with Gasteiger partial charge in [-0.15, -0.1) is 0 Å². The first-order valence-electron chi connectivity index (χ1n) is 5.85. The smallest absolute Gasteiger partial charge is 0.128 e. The van der Waals surface area contributed by atoms with E-state index in [0.717, 1.165) is 18.8 Å². The Labute approximate surface area is 102 Å². The normalized spacial score (nSPS) is 14.1. The van der Waals surface area contributed by atoms with E-state index in [1.807, 2.05) is 18.2 Å². The van der Waals surface area contributed by atoms with E-state index in [9.17, 15) is 5.11 Å². The molecule has 0 amide bonds. The number of pyridine rings is 1. The number of anilines is 2. The molecule has 0 spiro atoms. The monoisotopic (exact) mass is 239 g/mol. The van der Waals surface area contributed by atoms with Crippen molar-refractivity contribution >= 4 is 11.6 Å². The Morgan fingerprint density at radius 1 is 1.29 bits per heavy atom. The summed E-state index contributed by atoms with van der Waals surface area (Å²) in [6, 6.07) is 5.61. The van der Waals surface area contributed by atoms with Crippen LogP contribution in [0, 0.1) is 0 Å². The van der Waals surface area contributed by atoms with Gasteiger partial charge in [0.25, 0.3) is 0 Å². The van der Waals surface area contributed by atoms with Crippen LogP contribution in [0.25, 0.3) is 0 Å². The lowest BCUT2D eigenvalue weighted by Crippen LogP contribution is -2.37. The Morgan fingerprint density at radius 2 is 1.94 bits per heavy atom. The van der Waals surface area contributed by atoms with E-state index in [4.69, 9.17) is 5.11 Å². The van der Waals surface area contributed by atoms with E-state index >= 15 is 0 Å². The summed E-state index contributed by atoms with van der Waals surface area (Å²) < 4.78 is 0. The number of hydrogen-bond acceptors (Lipinski definition) is 5. The number of hydrogen-bond donors (Lipinski definition) is 4. The minimum atomic E-state index is -1.13. The second-order valence-electron chi connectivity index (χ2n) is 4.34. The zero-order valence-electron chi connectivity index (χ0n) is 10.4. The van der Waals surface area contributed by atoms with Crippen LogP contribution in [0.3, 0.4) is 0 Å². The van der Waals surface area contributed by atoms with Crippen molar-refractivity contribution in [3.63, 3.8) is 0 Å². The molecule has 0 fully saturated rings. The predicted molar refractivity (Wildman–Crippen MR) is 69.2 cm³/mol. The van der Waals surface area contributed by atoms with Crippen molar-refractivity contribution in [1.29, 1.82) is 0 Å². The van der Waals surface area contributed by atoms with Crippen molar-refractivity contribution in [2.45, 2.75) is 25.9 Å². The molecule has 4 N–H and O–H groups in total. The Kier molecular flexibility index (Phi) is 5.18. The summed E-state index contributed by atoms with van der Waals surface area (Å²) in [5.41, 5.74) is -1.13. The number of nitrogens with zero attached hydrogens (tertiary/aromatic N) is 1. The molecule has 0 aliphatic rings.